The minimum Gasteiger partial charge on any atom is -0.497 e. The van der Waals surface area contributed by atoms with E-state index in [1.807, 2.05) is 24.3 Å². The van der Waals surface area contributed by atoms with Crippen LogP contribution in [0.2, 0.25) is 0 Å². The fourth-order valence-corrected chi connectivity index (χ4v) is 4.82. The maximum atomic E-state index is 12.7. The van der Waals surface area contributed by atoms with Crippen molar-refractivity contribution in [3.05, 3.63) is 29.3 Å². The quantitative estimate of drug-likeness (QED) is 0.829. The summed E-state index contributed by atoms with van der Waals surface area (Å²) in [6.45, 7) is 0.366. The predicted octanol–water partition coefficient (Wildman–Crippen LogP) is 3.59. The number of methoxy groups -OCH3 is 1. The van der Waals surface area contributed by atoms with Gasteiger partial charge in [0.15, 0.2) is 0 Å². The molecule has 1 aliphatic heterocycles. The number of amides is 2. The maximum absolute atomic E-state index is 12.7. The fourth-order valence-electron chi connectivity index (χ4n) is 3.90. The van der Waals surface area contributed by atoms with Crippen LogP contribution < -0.4 is 15.0 Å². The van der Waals surface area contributed by atoms with Gasteiger partial charge in [-0.05, 0) is 37.1 Å². The number of benzene rings is 1. The van der Waals surface area contributed by atoms with Crippen LogP contribution in [0.5, 0.6) is 5.75 Å². The highest BCUT2D eigenvalue weighted by atomic mass is 32.1. The minimum atomic E-state index is -0.392. The molecule has 1 atom stereocenters. The van der Waals surface area contributed by atoms with Crippen LogP contribution in [-0.4, -0.2) is 35.7 Å². The number of nitrogens with one attached hydrogen (secondary N) is 1. The van der Waals surface area contributed by atoms with Gasteiger partial charge < -0.3 is 15.0 Å². The highest BCUT2D eigenvalue weighted by Crippen LogP contribution is 2.35. The smallest absolute Gasteiger partial charge is 0.231 e. The zero-order valence-electron chi connectivity index (χ0n) is 15.9. The van der Waals surface area contributed by atoms with E-state index in [-0.39, 0.29) is 18.2 Å². The summed E-state index contributed by atoms with van der Waals surface area (Å²) in [5.41, 5.74) is 0.775. The van der Waals surface area contributed by atoms with Gasteiger partial charge in [0.1, 0.15) is 10.8 Å². The van der Waals surface area contributed by atoms with Gasteiger partial charge in [-0.2, -0.15) is 0 Å². The third-order valence-electron chi connectivity index (χ3n) is 5.51. The molecule has 0 radical (unpaired) electrons. The first-order valence-corrected chi connectivity index (χ1v) is 10.5. The number of carbonyl (C=O) groups excluding carboxylic acids is 2. The largest absolute Gasteiger partial charge is 0.497 e. The summed E-state index contributed by atoms with van der Waals surface area (Å²) in [4.78, 5) is 26.7. The molecule has 1 aromatic heterocycles. The van der Waals surface area contributed by atoms with Gasteiger partial charge in [-0.3, -0.25) is 9.59 Å². The van der Waals surface area contributed by atoms with E-state index in [4.69, 9.17) is 4.74 Å². The second kappa shape index (κ2) is 8.26. The molecule has 2 aromatic rings. The molecule has 4 rings (SSSR count). The molecule has 1 saturated carbocycles. The van der Waals surface area contributed by atoms with E-state index in [0.29, 0.717) is 17.6 Å². The van der Waals surface area contributed by atoms with Crippen molar-refractivity contribution in [2.75, 3.05) is 23.9 Å². The maximum Gasteiger partial charge on any atom is 0.231 e. The number of hydrogen-bond acceptors (Lipinski definition) is 6. The van der Waals surface area contributed by atoms with Crippen molar-refractivity contribution in [3.63, 3.8) is 0 Å². The van der Waals surface area contributed by atoms with Crippen LogP contribution in [0, 0.1) is 5.92 Å². The zero-order chi connectivity index (χ0) is 19.5. The second-order valence-electron chi connectivity index (χ2n) is 7.37. The summed E-state index contributed by atoms with van der Waals surface area (Å²) < 4.78 is 5.15. The van der Waals surface area contributed by atoms with Crippen LogP contribution in [0.1, 0.15) is 49.5 Å². The Bertz CT molecular complexity index is 845. The van der Waals surface area contributed by atoms with E-state index in [2.05, 4.69) is 15.5 Å². The molecule has 28 heavy (non-hydrogen) atoms. The Labute approximate surface area is 168 Å². The third kappa shape index (κ3) is 4.01. The van der Waals surface area contributed by atoms with Crippen molar-refractivity contribution in [1.82, 2.24) is 10.2 Å². The molecular weight excluding hydrogens is 376 g/mol. The Kier molecular flexibility index (Phi) is 5.57. The van der Waals surface area contributed by atoms with Crippen molar-refractivity contribution in [2.24, 2.45) is 5.92 Å². The number of nitrogens with zero attached hydrogens (tertiary/aromatic N) is 3. The summed E-state index contributed by atoms with van der Waals surface area (Å²) in [7, 11) is 1.60. The Morgan fingerprint density at radius 3 is 2.64 bits per heavy atom. The lowest BCUT2D eigenvalue weighted by atomic mass is 9.90. The first-order chi connectivity index (χ1) is 13.6. The molecule has 1 saturated heterocycles. The van der Waals surface area contributed by atoms with Gasteiger partial charge in [-0.15, -0.1) is 10.2 Å². The number of ether oxygens (including phenoxy) is 1. The molecular formula is C20H24N4O3S. The summed E-state index contributed by atoms with van der Waals surface area (Å²) in [5.74, 6) is 0.586. The van der Waals surface area contributed by atoms with E-state index >= 15 is 0 Å². The summed E-state index contributed by atoms with van der Waals surface area (Å²) >= 11 is 1.46. The Morgan fingerprint density at radius 2 is 1.93 bits per heavy atom. The minimum absolute atomic E-state index is 0.0505. The average molecular weight is 401 g/mol. The topological polar surface area (TPSA) is 84.4 Å². The van der Waals surface area contributed by atoms with Crippen molar-refractivity contribution in [3.8, 4) is 5.75 Å². The fraction of sp³-hybridized carbons (Fsp3) is 0.500. The van der Waals surface area contributed by atoms with Crippen LogP contribution in [0.4, 0.5) is 10.8 Å². The van der Waals surface area contributed by atoms with E-state index in [1.54, 1.807) is 12.0 Å². The van der Waals surface area contributed by atoms with Gasteiger partial charge in [-0.25, -0.2) is 0 Å². The van der Waals surface area contributed by atoms with Gasteiger partial charge in [0.25, 0.3) is 0 Å². The lowest BCUT2D eigenvalue weighted by Crippen LogP contribution is -2.28. The van der Waals surface area contributed by atoms with E-state index in [0.717, 1.165) is 29.3 Å². The first-order valence-electron chi connectivity index (χ1n) is 9.72. The molecule has 8 heteroatoms. The van der Waals surface area contributed by atoms with Crippen LogP contribution >= 0.6 is 11.3 Å². The Morgan fingerprint density at radius 1 is 1.18 bits per heavy atom. The summed E-state index contributed by atoms with van der Waals surface area (Å²) in [5, 5.41) is 12.8. The number of hydrogen-bond donors (Lipinski definition) is 1. The molecule has 0 bridgehead atoms. The van der Waals surface area contributed by atoms with Crippen molar-refractivity contribution >= 4 is 34.0 Å². The molecule has 2 amide bonds. The van der Waals surface area contributed by atoms with E-state index in [9.17, 15) is 9.59 Å². The molecule has 2 heterocycles. The van der Waals surface area contributed by atoms with Gasteiger partial charge >= 0.3 is 0 Å². The van der Waals surface area contributed by atoms with Crippen LogP contribution in [0.3, 0.4) is 0 Å². The normalized spacial score (nSPS) is 20.4. The lowest BCUT2D eigenvalue weighted by Gasteiger charge is -2.18. The highest BCUT2D eigenvalue weighted by Gasteiger charge is 2.35. The SMILES string of the molecule is COc1ccc(N2C[C@@H](C(=O)Nc3nnc(C4CCCCC4)s3)CC2=O)cc1. The van der Waals surface area contributed by atoms with Gasteiger partial charge in [0, 0.05) is 24.6 Å². The molecule has 1 aliphatic carbocycles. The highest BCUT2D eigenvalue weighted by molar-refractivity contribution is 7.15. The summed E-state index contributed by atoms with van der Waals surface area (Å²) in [6.07, 6.45) is 6.26. The standard InChI is InChI=1S/C20H24N4O3S/c1-27-16-9-7-15(8-10-16)24-12-14(11-17(24)25)18(26)21-20-23-22-19(28-20)13-5-3-2-4-6-13/h7-10,13-14H,2-6,11-12H2,1H3,(H,21,23,26)/t14-/m0/s1. The number of anilines is 2. The van der Waals surface area contributed by atoms with Crippen LogP contribution in [-0.2, 0) is 9.59 Å². The number of carbonyl (C=O) groups is 2. The molecule has 1 aromatic carbocycles. The molecule has 148 valence electrons. The predicted molar refractivity (Wildman–Crippen MR) is 108 cm³/mol. The second-order valence-corrected chi connectivity index (χ2v) is 8.38. The van der Waals surface area contributed by atoms with Crippen LogP contribution in [0.15, 0.2) is 24.3 Å². The van der Waals surface area contributed by atoms with Gasteiger partial charge in [-0.1, -0.05) is 30.6 Å². The van der Waals surface area contributed by atoms with E-state index < -0.39 is 5.92 Å². The first kappa shape index (κ1) is 18.9. The third-order valence-corrected chi connectivity index (χ3v) is 6.51. The number of rotatable bonds is 5. The molecule has 0 spiro atoms. The number of aromatic nitrogens is 2. The van der Waals surface area contributed by atoms with Crippen molar-refractivity contribution < 1.29 is 14.3 Å². The average Bonchev–Trinajstić information content (AvgIpc) is 3.35. The molecule has 2 fully saturated rings. The van der Waals surface area contributed by atoms with E-state index in [1.165, 1.54) is 30.6 Å². The Hall–Kier alpha value is -2.48. The van der Waals surface area contributed by atoms with Crippen LogP contribution in [0.25, 0.3) is 0 Å². The van der Waals surface area contributed by atoms with Gasteiger partial charge in [0.2, 0.25) is 16.9 Å². The van der Waals surface area contributed by atoms with Crippen molar-refractivity contribution in [1.29, 1.82) is 0 Å². The lowest BCUT2D eigenvalue weighted by molar-refractivity contribution is -0.122. The van der Waals surface area contributed by atoms with Crippen molar-refractivity contribution in [2.45, 2.75) is 44.4 Å². The Balaban J connectivity index is 1.37. The van der Waals surface area contributed by atoms with Gasteiger partial charge in [0.05, 0.1) is 13.0 Å². The molecule has 0 unspecified atom stereocenters. The molecule has 2 aliphatic rings. The molecule has 1 N–H and O–H groups in total. The summed E-state index contributed by atoms with van der Waals surface area (Å²) in [6, 6.07) is 7.28. The zero-order valence-corrected chi connectivity index (χ0v) is 16.7. The molecule has 7 nitrogen and oxygen atoms in total. The monoisotopic (exact) mass is 400 g/mol.